The van der Waals surface area contributed by atoms with Crippen molar-refractivity contribution in [3.63, 3.8) is 0 Å². The highest BCUT2D eigenvalue weighted by Gasteiger charge is 2.30. The van der Waals surface area contributed by atoms with E-state index in [1.807, 2.05) is 0 Å². The van der Waals surface area contributed by atoms with Gasteiger partial charge in [-0.05, 0) is 36.8 Å². The van der Waals surface area contributed by atoms with E-state index in [2.05, 4.69) is 5.32 Å². The predicted octanol–water partition coefficient (Wildman–Crippen LogP) is 4.17. The quantitative estimate of drug-likeness (QED) is 0.680. The van der Waals surface area contributed by atoms with Crippen molar-refractivity contribution in [2.75, 3.05) is 5.32 Å². The third kappa shape index (κ3) is 3.85. The molecule has 0 aliphatic carbocycles. The maximum atomic E-state index is 12.6. The summed E-state index contributed by atoms with van der Waals surface area (Å²) in [6.45, 7) is 1.55. The molecule has 1 amide bonds. The molecule has 0 bridgehead atoms. The molecule has 0 atom stereocenters. The number of carbonyl (C=O) groups excluding carboxylic acids is 1. The van der Waals surface area contributed by atoms with Gasteiger partial charge in [-0.2, -0.15) is 13.2 Å². The first-order valence-electron chi connectivity index (χ1n) is 6.42. The molecule has 0 saturated heterocycles. The van der Waals surface area contributed by atoms with Crippen LogP contribution < -0.4 is 5.32 Å². The average molecular weight is 324 g/mol. The van der Waals surface area contributed by atoms with Gasteiger partial charge in [-0.25, -0.2) is 0 Å². The minimum atomic E-state index is -4.54. The first kappa shape index (κ1) is 16.5. The van der Waals surface area contributed by atoms with E-state index in [4.69, 9.17) is 0 Å². The zero-order valence-electron chi connectivity index (χ0n) is 11.8. The molecule has 5 nitrogen and oxygen atoms in total. The normalized spacial score (nSPS) is 11.1. The number of aryl methyl sites for hydroxylation is 1. The van der Waals surface area contributed by atoms with Crippen LogP contribution in [0, 0.1) is 17.0 Å². The number of amides is 1. The number of hydrogen-bond acceptors (Lipinski definition) is 3. The second-order valence-electron chi connectivity index (χ2n) is 4.79. The van der Waals surface area contributed by atoms with Crippen molar-refractivity contribution in [2.24, 2.45) is 0 Å². The fraction of sp³-hybridized carbons (Fsp3) is 0.133. The summed E-state index contributed by atoms with van der Waals surface area (Å²) in [5.41, 5.74) is -0.500. The van der Waals surface area contributed by atoms with Gasteiger partial charge in [0.1, 0.15) is 0 Å². The van der Waals surface area contributed by atoms with Crippen molar-refractivity contribution in [1.29, 1.82) is 0 Å². The van der Waals surface area contributed by atoms with Gasteiger partial charge < -0.3 is 5.32 Å². The van der Waals surface area contributed by atoms with Gasteiger partial charge in [-0.15, -0.1) is 0 Å². The summed E-state index contributed by atoms with van der Waals surface area (Å²) in [7, 11) is 0. The molecule has 0 aliphatic rings. The Balaban J connectivity index is 2.24. The van der Waals surface area contributed by atoms with Crippen LogP contribution >= 0.6 is 0 Å². The summed E-state index contributed by atoms with van der Waals surface area (Å²) < 4.78 is 37.9. The minimum absolute atomic E-state index is 0.139. The van der Waals surface area contributed by atoms with E-state index in [9.17, 15) is 28.1 Å². The second-order valence-corrected chi connectivity index (χ2v) is 4.79. The van der Waals surface area contributed by atoms with Gasteiger partial charge in [0.25, 0.3) is 11.6 Å². The van der Waals surface area contributed by atoms with Crippen LogP contribution in [0.5, 0.6) is 0 Å². The molecule has 0 radical (unpaired) electrons. The number of nitrogens with zero attached hydrogens (tertiary/aromatic N) is 1. The monoisotopic (exact) mass is 324 g/mol. The van der Waals surface area contributed by atoms with Crippen LogP contribution in [0.3, 0.4) is 0 Å². The Morgan fingerprint density at radius 1 is 1.17 bits per heavy atom. The third-order valence-electron chi connectivity index (χ3n) is 3.12. The van der Waals surface area contributed by atoms with E-state index in [0.29, 0.717) is 5.56 Å². The van der Waals surface area contributed by atoms with Gasteiger partial charge in [0.2, 0.25) is 0 Å². The Kier molecular flexibility index (Phi) is 4.35. The van der Waals surface area contributed by atoms with E-state index in [1.165, 1.54) is 24.3 Å². The summed E-state index contributed by atoms with van der Waals surface area (Å²) >= 11 is 0. The smallest absolute Gasteiger partial charge is 0.322 e. The second kappa shape index (κ2) is 6.07. The van der Waals surface area contributed by atoms with Crippen molar-refractivity contribution < 1.29 is 22.9 Å². The van der Waals surface area contributed by atoms with Crippen molar-refractivity contribution in [3.8, 4) is 0 Å². The minimum Gasteiger partial charge on any atom is -0.322 e. The number of hydrogen-bond donors (Lipinski definition) is 1. The van der Waals surface area contributed by atoms with E-state index in [1.54, 1.807) is 6.92 Å². The summed E-state index contributed by atoms with van der Waals surface area (Å²) in [5, 5.41) is 13.1. The van der Waals surface area contributed by atoms with E-state index in [-0.39, 0.29) is 16.9 Å². The number of nitrogens with one attached hydrogen (secondary N) is 1. The molecule has 1 N–H and O–H groups in total. The van der Waals surface area contributed by atoms with Gasteiger partial charge in [0, 0.05) is 23.4 Å². The van der Waals surface area contributed by atoms with Crippen molar-refractivity contribution in [2.45, 2.75) is 13.1 Å². The molecule has 0 aliphatic heterocycles. The van der Waals surface area contributed by atoms with Gasteiger partial charge >= 0.3 is 6.18 Å². The molecule has 0 fully saturated rings. The number of non-ortho nitro benzene ring substituents is 1. The molecular weight excluding hydrogens is 313 g/mol. The fourth-order valence-electron chi connectivity index (χ4n) is 1.93. The fourth-order valence-corrected chi connectivity index (χ4v) is 1.93. The number of nitro benzene ring substituents is 1. The lowest BCUT2D eigenvalue weighted by molar-refractivity contribution is -0.384. The van der Waals surface area contributed by atoms with Gasteiger partial charge in [-0.3, -0.25) is 14.9 Å². The summed E-state index contributed by atoms with van der Waals surface area (Å²) in [4.78, 5) is 22.1. The number of halogens is 3. The SMILES string of the molecule is Cc1cc([N+](=O)[O-])ccc1NC(=O)c1cccc(C(F)(F)F)c1. The molecule has 0 saturated carbocycles. The van der Waals surface area contributed by atoms with E-state index in [0.717, 1.165) is 18.2 Å². The summed E-state index contributed by atoms with van der Waals surface area (Å²) in [6.07, 6.45) is -4.54. The van der Waals surface area contributed by atoms with Crippen LogP contribution in [-0.4, -0.2) is 10.8 Å². The Morgan fingerprint density at radius 3 is 2.43 bits per heavy atom. The first-order valence-corrected chi connectivity index (χ1v) is 6.42. The topological polar surface area (TPSA) is 72.2 Å². The van der Waals surface area contributed by atoms with Crippen LogP contribution in [-0.2, 0) is 6.18 Å². The maximum absolute atomic E-state index is 12.6. The zero-order valence-corrected chi connectivity index (χ0v) is 11.8. The van der Waals surface area contributed by atoms with E-state index >= 15 is 0 Å². The highest BCUT2D eigenvalue weighted by molar-refractivity contribution is 6.04. The molecule has 0 unspecified atom stereocenters. The Labute approximate surface area is 128 Å². The van der Waals surface area contributed by atoms with E-state index < -0.39 is 22.6 Å². The molecule has 2 aromatic carbocycles. The Hall–Kier alpha value is -2.90. The molecular formula is C15H11F3N2O3. The number of rotatable bonds is 3. The van der Waals surface area contributed by atoms with Crippen LogP contribution in [0.2, 0.25) is 0 Å². The number of alkyl halides is 3. The summed E-state index contributed by atoms with van der Waals surface area (Å²) in [5.74, 6) is -0.729. The lowest BCUT2D eigenvalue weighted by Crippen LogP contribution is -2.14. The van der Waals surface area contributed by atoms with Crippen molar-refractivity contribution >= 4 is 17.3 Å². The molecule has 2 aromatic rings. The lowest BCUT2D eigenvalue weighted by atomic mass is 10.1. The zero-order chi connectivity index (χ0) is 17.2. The van der Waals surface area contributed by atoms with Gasteiger partial charge in [-0.1, -0.05) is 6.07 Å². The number of carbonyl (C=O) groups is 1. The van der Waals surface area contributed by atoms with Crippen LogP contribution in [0.1, 0.15) is 21.5 Å². The van der Waals surface area contributed by atoms with Crippen LogP contribution in [0.15, 0.2) is 42.5 Å². The molecule has 0 aromatic heterocycles. The third-order valence-corrected chi connectivity index (χ3v) is 3.12. The first-order chi connectivity index (χ1) is 10.7. The van der Waals surface area contributed by atoms with Crippen LogP contribution in [0.25, 0.3) is 0 Å². The Morgan fingerprint density at radius 2 is 1.87 bits per heavy atom. The largest absolute Gasteiger partial charge is 0.416 e. The van der Waals surface area contributed by atoms with Gasteiger partial charge in [0.05, 0.1) is 10.5 Å². The Bertz CT molecular complexity index is 773. The van der Waals surface area contributed by atoms with Crippen LogP contribution in [0.4, 0.5) is 24.5 Å². The molecule has 2 rings (SSSR count). The number of anilines is 1. The molecule has 8 heteroatoms. The van der Waals surface area contributed by atoms with Crippen molar-refractivity contribution in [1.82, 2.24) is 0 Å². The van der Waals surface area contributed by atoms with Gasteiger partial charge in [0.15, 0.2) is 0 Å². The lowest BCUT2D eigenvalue weighted by Gasteiger charge is -2.10. The molecule has 23 heavy (non-hydrogen) atoms. The maximum Gasteiger partial charge on any atom is 0.416 e. The number of nitro groups is 1. The number of benzene rings is 2. The predicted molar refractivity (Wildman–Crippen MR) is 77.2 cm³/mol. The molecule has 0 spiro atoms. The summed E-state index contributed by atoms with van der Waals surface area (Å²) in [6, 6.07) is 7.81. The molecule has 120 valence electrons. The highest BCUT2D eigenvalue weighted by Crippen LogP contribution is 2.30. The highest BCUT2D eigenvalue weighted by atomic mass is 19.4. The molecule has 0 heterocycles. The standard InChI is InChI=1S/C15H11F3N2O3/c1-9-7-12(20(22)23)5-6-13(9)19-14(21)10-3-2-4-11(8-10)15(16,17)18/h2-8H,1H3,(H,19,21). The average Bonchev–Trinajstić information content (AvgIpc) is 2.48. The van der Waals surface area contributed by atoms with Crippen molar-refractivity contribution in [3.05, 3.63) is 69.3 Å².